The van der Waals surface area contributed by atoms with Crippen LogP contribution < -0.4 is 0 Å². The van der Waals surface area contributed by atoms with Gasteiger partial charge in [-0.05, 0) is 6.42 Å². The molecule has 2 heteroatoms. The Morgan fingerprint density at radius 2 is 1.83 bits per heavy atom. The summed E-state index contributed by atoms with van der Waals surface area (Å²) in [6.45, 7) is 7.88. The van der Waals surface area contributed by atoms with Gasteiger partial charge in [-0.25, -0.2) is 0 Å². The first kappa shape index (κ1) is 14.0. The minimum atomic E-state index is -0.670. The summed E-state index contributed by atoms with van der Waals surface area (Å²) in [7, 11) is 0. The second-order valence-electron chi connectivity index (χ2n) is 2.74. The van der Waals surface area contributed by atoms with E-state index in [1.165, 1.54) is 0 Å². The van der Waals surface area contributed by atoms with Gasteiger partial charge in [0.2, 0.25) is 0 Å². The van der Waals surface area contributed by atoms with Crippen molar-refractivity contribution in [2.75, 3.05) is 0 Å². The minimum Gasteiger partial charge on any atom is -0.481 e. The van der Waals surface area contributed by atoms with Crippen molar-refractivity contribution in [3.8, 4) is 0 Å². The maximum Gasteiger partial charge on any atom is 0.306 e. The molecule has 1 atom stereocenters. The normalized spacial score (nSPS) is 11.3. The number of rotatable bonds is 5. The highest BCUT2D eigenvalue weighted by Crippen LogP contribution is 2.08. The molecule has 0 amide bonds. The van der Waals surface area contributed by atoms with Gasteiger partial charge in [0.05, 0.1) is 5.92 Å². The number of carboxylic acids is 1. The van der Waals surface area contributed by atoms with E-state index in [0.29, 0.717) is 0 Å². The van der Waals surface area contributed by atoms with E-state index in [1.807, 2.05) is 13.8 Å². The van der Waals surface area contributed by atoms with Crippen LogP contribution in [0.25, 0.3) is 0 Å². The summed E-state index contributed by atoms with van der Waals surface area (Å²) >= 11 is 0. The van der Waals surface area contributed by atoms with Crippen LogP contribution in [0.3, 0.4) is 0 Å². The van der Waals surface area contributed by atoms with Crippen LogP contribution in [-0.4, -0.2) is 11.1 Å². The van der Waals surface area contributed by atoms with E-state index < -0.39 is 5.97 Å². The lowest BCUT2D eigenvalue weighted by Crippen LogP contribution is -2.08. The molecule has 0 bridgehead atoms. The zero-order chi connectivity index (χ0) is 9.98. The second kappa shape index (κ2) is 10.5. The maximum atomic E-state index is 10.3. The molecule has 2 nitrogen and oxygen atoms in total. The van der Waals surface area contributed by atoms with Gasteiger partial charge < -0.3 is 5.11 Å². The van der Waals surface area contributed by atoms with Crippen LogP contribution in [-0.2, 0) is 4.79 Å². The van der Waals surface area contributed by atoms with Crippen molar-refractivity contribution in [3.63, 3.8) is 0 Å². The Morgan fingerprint density at radius 3 is 2.17 bits per heavy atom. The van der Waals surface area contributed by atoms with Crippen LogP contribution >= 0.6 is 0 Å². The molecule has 0 rings (SSSR count). The van der Waals surface area contributed by atoms with Crippen molar-refractivity contribution in [2.45, 2.75) is 53.4 Å². The molecular weight excluding hydrogens is 152 g/mol. The number of hydrogen-bond acceptors (Lipinski definition) is 1. The molecule has 0 radical (unpaired) electrons. The van der Waals surface area contributed by atoms with Crippen LogP contribution in [0.5, 0.6) is 0 Å². The molecule has 1 unspecified atom stereocenters. The summed E-state index contributed by atoms with van der Waals surface area (Å²) in [6.07, 6.45) is 4.18. The van der Waals surface area contributed by atoms with Gasteiger partial charge in [-0.2, -0.15) is 0 Å². The monoisotopic (exact) mass is 174 g/mol. The molecule has 0 spiro atoms. The molecule has 0 aromatic heterocycles. The molecule has 0 fully saturated rings. The number of hydrogen-bond donors (Lipinski definition) is 1. The predicted molar refractivity (Wildman–Crippen MR) is 52.3 cm³/mol. The molecule has 0 aromatic carbocycles. The first-order valence-corrected chi connectivity index (χ1v) is 4.91. The molecule has 0 aliphatic heterocycles. The lowest BCUT2D eigenvalue weighted by atomic mass is 10.0. The fraction of sp³-hybridized carbons (Fsp3) is 0.900. The van der Waals surface area contributed by atoms with Crippen molar-refractivity contribution in [2.24, 2.45) is 5.92 Å². The first-order chi connectivity index (χ1) is 5.68. The van der Waals surface area contributed by atoms with Crippen LogP contribution in [0.2, 0.25) is 0 Å². The Kier molecular flexibility index (Phi) is 12.2. The average molecular weight is 174 g/mol. The summed E-state index contributed by atoms with van der Waals surface area (Å²) in [5, 5.41) is 8.48. The van der Waals surface area contributed by atoms with Gasteiger partial charge in [-0.3, -0.25) is 4.79 Å². The molecular formula is C10H22O2. The summed E-state index contributed by atoms with van der Waals surface area (Å²) in [4.78, 5) is 10.3. The van der Waals surface area contributed by atoms with E-state index in [0.717, 1.165) is 25.7 Å². The highest BCUT2D eigenvalue weighted by molar-refractivity contribution is 5.69. The molecule has 0 aliphatic carbocycles. The second-order valence-corrected chi connectivity index (χ2v) is 2.74. The maximum absolute atomic E-state index is 10.3. The summed E-state index contributed by atoms with van der Waals surface area (Å²) in [5.74, 6) is -0.831. The SMILES string of the molecule is CC.CCCCCC(C)C(=O)O. The highest BCUT2D eigenvalue weighted by atomic mass is 16.4. The van der Waals surface area contributed by atoms with E-state index in [-0.39, 0.29) is 5.92 Å². The van der Waals surface area contributed by atoms with Gasteiger partial charge in [0.1, 0.15) is 0 Å². The smallest absolute Gasteiger partial charge is 0.306 e. The fourth-order valence-electron chi connectivity index (χ4n) is 0.824. The minimum absolute atomic E-state index is 0.161. The Morgan fingerprint density at radius 1 is 1.33 bits per heavy atom. The number of carboxylic acid groups (broad SMARTS) is 1. The largest absolute Gasteiger partial charge is 0.481 e. The molecule has 12 heavy (non-hydrogen) atoms. The lowest BCUT2D eigenvalue weighted by Gasteiger charge is -2.03. The molecule has 0 aromatic rings. The quantitative estimate of drug-likeness (QED) is 0.649. The van der Waals surface area contributed by atoms with Gasteiger partial charge in [-0.15, -0.1) is 0 Å². The van der Waals surface area contributed by atoms with E-state index >= 15 is 0 Å². The van der Waals surface area contributed by atoms with Gasteiger partial charge in [-0.1, -0.05) is 47.0 Å². The third-order valence-corrected chi connectivity index (χ3v) is 1.66. The van der Waals surface area contributed by atoms with Crippen molar-refractivity contribution in [1.82, 2.24) is 0 Å². The van der Waals surface area contributed by atoms with E-state index in [2.05, 4.69) is 6.92 Å². The average Bonchev–Trinajstić information content (AvgIpc) is 2.08. The van der Waals surface area contributed by atoms with Gasteiger partial charge in [0, 0.05) is 0 Å². The van der Waals surface area contributed by atoms with E-state index in [9.17, 15) is 4.79 Å². The van der Waals surface area contributed by atoms with Gasteiger partial charge >= 0.3 is 5.97 Å². The molecule has 1 N–H and O–H groups in total. The molecule has 74 valence electrons. The van der Waals surface area contributed by atoms with Gasteiger partial charge in [0.15, 0.2) is 0 Å². The van der Waals surface area contributed by atoms with Crippen LogP contribution in [0.4, 0.5) is 0 Å². The molecule has 0 aliphatic rings. The Hall–Kier alpha value is -0.530. The van der Waals surface area contributed by atoms with Crippen molar-refractivity contribution < 1.29 is 9.90 Å². The van der Waals surface area contributed by atoms with Crippen LogP contribution in [0.15, 0.2) is 0 Å². The third-order valence-electron chi connectivity index (χ3n) is 1.66. The summed E-state index contributed by atoms with van der Waals surface area (Å²) in [5.41, 5.74) is 0. The Bertz CT molecular complexity index is 100. The Labute approximate surface area is 76.0 Å². The number of aliphatic carboxylic acids is 1. The van der Waals surface area contributed by atoms with Crippen molar-refractivity contribution in [1.29, 1.82) is 0 Å². The van der Waals surface area contributed by atoms with Crippen molar-refractivity contribution in [3.05, 3.63) is 0 Å². The predicted octanol–water partition coefficient (Wildman–Crippen LogP) is 3.31. The first-order valence-electron chi connectivity index (χ1n) is 4.91. The number of carbonyl (C=O) groups is 1. The van der Waals surface area contributed by atoms with Crippen LogP contribution in [0, 0.1) is 5.92 Å². The lowest BCUT2D eigenvalue weighted by molar-refractivity contribution is -0.141. The fourth-order valence-corrected chi connectivity index (χ4v) is 0.824. The zero-order valence-corrected chi connectivity index (χ0v) is 8.76. The molecule has 0 saturated carbocycles. The van der Waals surface area contributed by atoms with Crippen LogP contribution in [0.1, 0.15) is 53.4 Å². The van der Waals surface area contributed by atoms with Crippen molar-refractivity contribution >= 4 is 5.97 Å². The summed E-state index contributed by atoms with van der Waals surface area (Å²) in [6, 6.07) is 0. The molecule has 0 saturated heterocycles. The standard InChI is InChI=1S/C8H16O2.C2H6/c1-3-4-5-6-7(2)8(9)10;1-2/h7H,3-6H2,1-2H3,(H,9,10);1-2H3. The van der Waals surface area contributed by atoms with Gasteiger partial charge in [0.25, 0.3) is 0 Å². The van der Waals surface area contributed by atoms with E-state index in [1.54, 1.807) is 6.92 Å². The zero-order valence-electron chi connectivity index (χ0n) is 8.76. The highest BCUT2D eigenvalue weighted by Gasteiger charge is 2.08. The Balaban J connectivity index is 0. The third kappa shape index (κ3) is 9.47. The molecule has 0 heterocycles. The number of unbranched alkanes of at least 4 members (excludes halogenated alkanes) is 2. The topological polar surface area (TPSA) is 37.3 Å². The van der Waals surface area contributed by atoms with E-state index in [4.69, 9.17) is 5.11 Å². The summed E-state index contributed by atoms with van der Waals surface area (Å²) < 4.78 is 0.